The maximum absolute atomic E-state index is 13.3. The molecule has 0 saturated carbocycles. The van der Waals surface area contributed by atoms with E-state index in [2.05, 4.69) is 10.3 Å². The molecule has 7 nitrogen and oxygen atoms in total. The van der Waals surface area contributed by atoms with Gasteiger partial charge in [0.2, 0.25) is 0 Å². The number of hydrogen-bond donors (Lipinski definition) is 3. The fourth-order valence-electron chi connectivity index (χ4n) is 1.74. The van der Waals surface area contributed by atoms with E-state index in [1.54, 1.807) is 6.07 Å². The molecule has 0 atom stereocenters. The lowest BCUT2D eigenvalue weighted by atomic mass is 10.1. The molecular weight excluding hydrogens is 311 g/mol. The third kappa shape index (κ3) is 3.92. The number of nitrogens with one attached hydrogen (secondary N) is 2. The summed E-state index contributed by atoms with van der Waals surface area (Å²) in [5, 5.41) is 14.9. The molecule has 0 aliphatic heterocycles. The van der Waals surface area contributed by atoms with Crippen LogP contribution in [-0.4, -0.2) is 30.1 Å². The fraction of sp³-hybridized carbons (Fsp3) is 0.154. The molecule has 1 aromatic carbocycles. The Morgan fingerprint density at radius 1 is 1.32 bits per heavy atom. The minimum Gasteiger partial charge on any atom is -0.530 e. The molecule has 2 amide bonds. The van der Waals surface area contributed by atoms with Crippen LogP contribution in [0.5, 0.6) is 0 Å². The van der Waals surface area contributed by atoms with Crippen molar-refractivity contribution in [1.29, 1.82) is 0 Å². The first-order valence-corrected chi connectivity index (χ1v) is 7.04. The number of amides is 2. The van der Waals surface area contributed by atoms with E-state index in [9.17, 15) is 19.1 Å². The molecule has 2 aromatic rings. The number of aromatic nitrogens is 1. The van der Waals surface area contributed by atoms with Gasteiger partial charge in [0.05, 0.1) is 4.88 Å². The molecule has 0 aliphatic rings. The van der Waals surface area contributed by atoms with Gasteiger partial charge in [0.25, 0.3) is 5.91 Å². The highest BCUT2D eigenvalue weighted by Gasteiger charge is 2.18. The Labute approximate surface area is 129 Å². The van der Waals surface area contributed by atoms with Crippen LogP contribution in [0.25, 0.3) is 10.4 Å². The van der Waals surface area contributed by atoms with Gasteiger partial charge in [-0.2, -0.15) is 0 Å². The second-order valence-corrected chi connectivity index (χ2v) is 5.24. The van der Waals surface area contributed by atoms with Gasteiger partial charge in [-0.3, -0.25) is 4.79 Å². The van der Waals surface area contributed by atoms with E-state index >= 15 is 0 Å². The normalized spacial score (nSPS) is 10.2. The van der Waals surface area contributed by atoms with E-state index in [4.69, 9.17) is 5.73 Å². The molecule has 22 heavy (non-hydrogen) atoms. The predicted molar refractivity (Wildman–Crippen MR) is 77.7 cm³/mol. The van der Waals surface area contributed by atoms with Gasteiger partial charge in [0.15, 0.2) is 5.13 Å². The van der Waals surface area contributed by atoms with Gasteiger partial charge in [0, 0.05) is 13.1 Å². The molecule has 0 saturated heterocycles. The average molecular weight is 323 g/mol. The van der Waals surface area contributed by atoms with Crippen LogP contribution in [-0.2, 0) is 0 Å². The Balaban J connectivity index is 2.14. The number of carbonyl (C=O) groups excluding carboxylic acids is 2. The Kier molecular flexibility index (Phi) is 4.89. The first kappa shape index (κ1) is 15.7. The smallest absolute Gasteiger partial charge is 0.271 e. The highest BCUT2D eigenvalue weighted by Crippen LogP contribution is 2.31. The average Bonchev–Trinajstić information content (AvgIpc) is 2.85. The first-order chi connectivity index (χ1) is 10.5. The lowest BCUT2D eigenvalue weighted by molar-refractivity contribution is -0.250. The minimum atomic E-state index is -1.42. The van der Waals surface area contributed by atoms with Gasteiger partial charge in [-0.05, 0) is 17.7 Å². The predicted octanol–water partition coefficient (Wildman–Crippen LogP) is 0.194. The van der Waals surface area contributed by atoms with Crippen molar-refractivity contribution >= 4 is 28.5 Å². The zero-order chi connectivity index (χ0) is 16.1. The van der Waals surface area contributed by atoms with Crippen molar-refractivity contribution in [2.75, 3.05) is 18.8 Å². The van der Waals surface area contributed by atoms with Gasteiger partial charge in [0.1, 0.15) is 17.6 Å². The van der Waals surface area contributed by atoms with Gasteiger partial charge in [-0.1, -0.05) is 23.5 Å². The summed E-state index contributed by atoms with van der Waals surface area (Å²) in [4.78, 5) is 26.7. The minimum absolute atomic E-state index is 0.00297. The number of carboxylic acid groups (broad SMARTS) is 1. The molecule has 1 aromatic heterocycles. The van der Waals surface area contributed by atoms with Gasteiger partial charge >= 0.3 is 0 Å². The number of nitrogens with two attached hydrogens (primary N) is 1. The van der Waals surface area contributed by atoms with Gasteiger partial charge < -0.3 is 26.3 Å². The lowest BCUT2D eigenvalue weighted by Gasteiger charge is -2.08. The Morgan fingerprint density at radius 3 is 2.73 bits per heavy atom. The van der Waals surface area contributed by atoms with Crippen LogP contribution in [0.1, 0.15) is 10.5 Å². The highest BCUT2D eigenvalue weighted by molar-refractivity contribution is 7.19. The SMILES string of the molecule is Nc1nc(C(=O)NCCNC(=O)[O-])c(-c2cccc(F)c2)s1. The summed E-state index contributed by atoms with van der Waals surface area (Å²) in [5.41, 5.74) is 6.19. The number of hydrogen-bond acceptors (Lipinski definition) is 6. The monoisotopic (exact) mass is 323 g/mol. The van der Waals surface area contributed by atoms with Crippen LogP contribution in [0.2, 0.25) is 0 Å². The Hall–Kier alpha value is -2.68. The maximum atomic E-state index is 13.3. The number of carbonyl (C=O) groups is 2. The number of nitrogen functional groups attached to an aromatic ring is 1. The standard InChI is InChI=1S/C13H13FN4O3S/c14-8-3-1-2-7(6-8)10-9(18-12(15)22-10)11(19)16-4-5-17-13(20)21/h1-3,6,17H,4-5H2,(H2,15,18)(H,16,19)(H,20,21)/p-1. The van der Waals surface area contributed by atoms with E-state index in [0.29, 0.717) is 10.4 Å². The number of anilines is 1. The summed E-state index contributed by atoms with van der Waals surface area (Å²) in [7, 11) is 0. The van der Waals surface area contributed by atoms with Crippen LogP contribution >= 0.6 is 11.3 Å². The van der Waals surface area contributed by atoms with E-state index in [1.807, 2.05) is 5.32 Å². The van der Waals surface area contributed by atoms with E-state index in [-0.39, 0.29) is 23.9 Å². The van der Waals surface area contributed by atoms with Crippen LogP contribution < -0.4 is 21.5 Å². The Bertz CT molecular complexity index is 704. The molecule has 2 rings (SSSR count). The number of rotatable bonds is 5. The molecule has 0 fully saturated rings. The van der Waals surface area contributed by atoms with Crippen molar-refractivity contribution in [3.8, 4) is 10.4 Å². The van der Waals surface area contributed by atoms with Crippen LogP contribution in [0, 0.1) is 5.82 Å². The zero-order valence-corrected chi connectivity index (χ0v) is 12.1. The van der Waals surface area contributed by atoms with E-state index in [0.717, 1.165) is 11.3 Å². The lowest BCUT2D eigenvalue weighted by Crippen LogP contribution is -2.41. The molecule has 0 aliphatic carbocycles. The highest BCUT2D eigenvalue weighted by atomic mass is 32.1. The summed E-state index contributed by atoms with van der Waals surface area (Å²) in [5.74, 6) is -0.957. The van der Waals surface area contributed by atoms with Crippen LogP contribution in [0.15, 0.2) is 24.3 Å². The number of nitrogens with zero attached hydrogens (tertiary/aromatic N) is 1. The molecule has 0 unspecified atom stereocenters. The van der Waals surface area contributed by atoms with Crippen molar-refractivity contribution in [1.82, 2.24) is 15.6 Å². The summed E-state index contributed by atoms with van der Waals surface area (Å²) in [6, 6.07) is 5.73. The van der Waals surface area contributed by atoms with E-state index in [1.165, 1.54) is 18.2 Å². The summed E-state index contributed by atoms with van der Waals surface area (Å²) in [6.07, 6.45) is -1.42. The zero-order valence-electron chi connectivity index (χ0n) is 11.3. The van der Waals surface area contributed by atoms with Crippen molar-refractivity contribution in [3.05, 3.63) is 35.8 Å². The number of halogens is 1. The van der Waals surface area contributed by atoms with Gasteiger partial charge in [-0.15, -0.1) is 0 Å². The van der Waals surface area contributed by atoms with Crippen LogP contribution in [0.4, 0.5) is 14.3 Å². The first-order valence-electron chi connectivity index (χ1n) is 6.22. The molecule has 9 heteroatoms. The third-order valence-corrected chi connectivity index (χ3v) is 3.56. The second kappa shape index (κ2) is 6.85. The largest absolute Gasteiger partial charge is 0.530 e. The molecule has 0 bridgehead atoms. The maximum Gasteiger partial charge on any atom is 0.271 e. The molecule has 116 valence electrons. The molecule has 0 spiro atoms. The van der Waals surface area contributed by atoms with Crippen molar-refractivity contribution in [2.24, 2.45) is 0 Å². The molecule has 0 radical (unpaired) electrons. The number of thiazole rings is 1. The van der Waals surface area contributed by atoms with Crippen LogP contribution in [0.3, 0.4) is 0 Å². The molecule has 4 N–H and O–H groups in total. The summed E-state index contributed by atoms with van der Waals surface area (Å²) < 4.78 is 13.3. The third-order valence-electron chi connectivity index (χ3n) is 2.63. The molecule has 1 heterocycles. The van der Waals surface area contributed by atoms with Crippen molar-refractivity contribution in [3.63, 3.8) is 0 Å². The number of benzene rings is 1. The van der Waals surface area contributed by atoms with Crippen molar-refractivity contribution < 1.29 is 19.1 Å². The van der Waals surface area contributed by atoms with Gasteiger partial charge in [-0.25, -0.2) is 9.37 Å². The van der Waals surface area contributed by atoms with E-state index < -0.39 is 17.8 Å². The Morgan fingerprint density at radius 2 is 2.05 bits per heavy atom. The molecular formula is C13H12FN4O3S-. The quantitative estimate of drug-likeness (QED) is 0.679. The topological polar surface area (TPSA) is 120 Å². The fourth-order valence-corrected chi connectivity index (χ4v) is 2.57. The summed E-state index contributed by atoms with van der Waals surface area (Å²) >= 11 is 1.07. The van der Waals surface area contributed by atoms with Crippen molar-refractivity contribution in [2.45, 2.75) is 0 Å². The summed E-state index contributed by atoms with van der Waals surface area (Å²) in [6.45, 7) is 0.0653. The second-order valence-electron chi connectivity index (χ2n) is 4.21.